The number of rotatable bonds is 2. The molecule has 0 bridgehead atoms. The molecule has 8 aromatic rings. The molecule has 1 unspecified atom stereocenters. The third-order valence-electron chi connectivity index (χ3n) is 12.1. The zero-order valence-corrected chi connectivity index (χ0v) is 26.1. The smallest absolute Gasteiger partial charge is 0.190 e. The molecule has 0 radical (unpaired) electrons. The highest BCUT2D eigenvalue weighted by Crippen LogP contribution is 2.61. The molecule has 4 heteroatoms. The largest absolute Gasteiger partial charge is 0.390 e. The van der Waals surface area contributed by atoms with Crippen LogP contribution in [-0.4, -0.2) is 9.25 Å². The van der Waals surface area contributed by atoms with Crippen LogP contribution in [0.25, 0.3) is 33.3 Å². The molecule has 4 aliphatic rings. The van der Waals surface area contributed by atoms with E-state index in [-0.39, 0.29) is 5.41 Å². The van der Waals surface area contributed by atoms with Crippen LogP contribution in [-0.2, 0) is 16.5 Å². The number of hydrogen-bond donors (Lipinski definition) is 0. The van der Waals surface area contributed by atoms with Crippen molar-refractivity contribution >= 4 is 21.8 Å². The lowest BCUT2D eigenvalue weighted by atomic mass is 9.56. The van der Waals surface area contributed by atoms with Gasteiger partial charge in [0.1, 0.15) is 22.3 Å². The summed E-state index contributed by atoms with van der Waals surface area (Å²) < 4.78 is 10.1. The highest BCUT2D eigenvalue weighted by atomic mass is 15.5. The lowest BCUT2D eigenvalue weighted by Gasteiger charge is -2.45. The number of aromatic nitrogens is 4. The molecule has 4 nitrogen and oxygen atoms in total. The van der Waals surface area contributed by atoms with Gasteiger partial charge in [-0.15, -0.1) is 4.68 Å². The summed E-state index contributed by atoms with van der Waals surface area (Å²) in [7, 11) is 0. The van der Waals surface area contributed by atoms with E-state index in [1.54, 1.807) is 0 Å². The molecule has 3 aromatic heterocycles. The molecule has 12 rings (SSSR count). The van der Waals surface area contributed by atoms with Crippen molar-refractivity contribution in [2.24, 2.45) is 0 Å². The number of nitrogens with zero attached hydrogens (tertiary/aromatic N) is 4. The van der Waals surface area contributed by atoms with Gasteiger partial charge in [0, 0.05) is 27.8 Å². The Morgan fingerprint density at radius 1 is 0.532 bits per heavy atom. The fourth-order valence-corrected chi connectivity index (χ4v) is 10.4. The van der Waals surface area contributed by atoms with Crippen molar-refractivity contribution in [1.82, 2.24) is 9.25 Å². The third kappa shape index (κ3) is 2.32. The van der Waals surface area contributed by atoms with Crippen LogP contribution >= 0.6 is 0 Å². The van der Waals surface area contributed by atoms with E-state index in [0.29, 0.717) is 0 Å². The second kappa shape index (κ2) is 7.62. The Hall–Kier alpha value is -5.74. The second-order valence-electron chi connectivity index (χ2n) is 14.2. The quantitative estimate of drug-likeness (QED) is 0.184. The van der Waals surface area contributed by atoms with Crippen LogP contribution < -0.4 is 9.25 Å². The molecule has 1 aliphatic carbocycles. The summed E-state index contributed by atoms with van der Waals surface area (Å²) in [4.78, 5) is 0. The molecule has 6 heterocycles. The first-order valence-electron chi connectivity index (χ1n) is 16.6. The number of fused-ring (bicyclic) bond motifs is 3. The minimum Gasteiger partial charge on any atom is -0.190 e. The van der Waals surface area contributed by atoms with Gasteiger partial charge in [0.2, 0.25) is 6.20 Å². The van der Waals surface area contributed by atoms with Gasteiger partial charge in [-0.3, -0.25) is 0 Å². The van der Waals surface area contributed by atoms with Crippen LogP contribution in [0.2, 0.25) is 0 Å². The summed E-state index contributed by atoms with van der Waals surface area (Å²) in [6.45, 7) is 4.80. The monoisotopic (exact) mass is 602 g/mol. The molecule has 1 atom stereocenters. The molecule has 0 N–H and O–H groups in total. The van der Waals surface area contributed by atoms with Crippen LogP contribution in [0.4, 0.5) is 0 Å². The van der Waals surface area contributed by atoms with Gasteiger partial charge in [-0.1, -0.05) is 110 Å². The fourth-order valence-electron chi connectivity index (χ4n) is 10.4. The minimum atomic E-state index is -0.624. The zero-order valence-electron chi connectivity index (χ0n) is 26.1. The van der Waals surface area contributed by atoms with Crippen molar-refractivity contribution in [2.75, 3.05) is 0 Å². The Morgan fingerprint density at radius 3 is 2.00 bits per heavy atom. The Labute approximate surface area is 272 Å². The van der Waals surface area contributed by atoms with Gasteiger partial charge >= 0.3 is 5.66 Å². The molecule has 1 spiro atoms. The van der Waals surface area contributed by atoms with E-state index in [2.05, 4.69) is 178 Å². The Morgan fingerprint density at radius 2 is 1.21 bits per heavy atom. The normalized spacial score (nSPS) is 19.3. The van der Waals surface area contributed by atoms with Gasteiger partial charge in [0.05, 0.1) is 23.4 Å². The number of hydrogen-bond acceptors (Lipinski definition) is 0. The summed E-state index contributed by atoms with van der Waals surface area (Å²) in [5.41, 5.74) is 13.3. The van der Waals surface area contributed by atoms with E-state index in [1.807, 2.05) is 0 Å². The van der Waals surface area contributed by atoms with Crippen molar-refractivity contribution < 1.29 is 9.25 Å². The van der Waals surface area contributed by atoms with Crippen molar-refractivity contribution in [2.45, 2.75) is 30.3 Å². The standard InChI is InChI=1S/C43H30N4/c1-41(2)33-19-9-17-29-30-22-23-32-37-39(30)47(38(29)33)40-34(41)20-11-24-44(40)43(37)36-31(18-10-21-35(36)45-25-12-26-46(43)45)42(32,27-13-5-3-6-14-27)28-15-7-4-8-16-28/h3-26H,1-2H3/q+2. The lowest BCUT2D eigenvalue weighted by Crippen LogP contribution is -2.78. The van der Waals surface area contributed by atoms with Gasteiger partial charge in [0.15, 0.2) is 5.52 Å². The van der Waals surface area contributed by atoms with E-state index in [9.17, 15) is 0 Å². The van der Waals surface area contributed by atoms with E-state index in [0.717, 1.165) is 0 Å². The van der Waals surface area contributed by atoms with Crippen LogP contribution in [0, 0.1) is 0 Å². The van der Waals surface area contributed by atoms with Crippen molar-refractivity contribution in [3.8, 4) is 11.5 Å². The van der Waals surface area contributed by atoms with Crippen molar-refractivity contribution in [3.05, 3.63) is 190 Å². The topological polar surface area (TPSA) is 17.6 Å². The predicted molar refractivity (Wildman–Crippen MR) is 183 cm³/mol. The predicted octanol–water partition coefficient (Wildman–Crippen LogP) is 7.41. The first-order valence-corrected chi connectivity index (χ1v) is 16.6. The molecule has 220 valence electrons. The molecule has 47 heavy (non-hydrogen) atoms. The van der Waals surface area contributed by atoms with Gasteiger partial charge in [-0.2, -0.15) is 9.13 Å². The van der Waals surface area contributed by atoms with E-state index < -0.39 is 11.1 Å². The van der Waals surface area contributed by atoms with Crippen molar-refractivity contribution in [3.63, 3.8) is 0 Å². The van der Waals surface area contributed by atoms with Crippen molar-refractivity contribution in [1.29, 1.82) is 0 Å². The summed E-state index contributed by atoms with van der Waals surface area (Å²) in [6, 6.07) is 48.1. The first kappa shape index (κ1) is 24.5. The first-order chi connectivity index (χ1) is 23.1. The summed E-state index contributed by atoms with van der Waals surface area (Å²) in [5.74, 6) is 1.27. The Bertz CT molecular complexity index is 2670. The maximum absolute atomic E-state index is 2.63. The number of benzene rings is 5. The molecule has 3 aliphatic heterocycles. The second-order valence-corrected chi connectivity index (χ2v) is 14.2. The van der Waals surface area contributed by atoms with Crippen LogP contribution in [0.1, 0.15) is 58.4 Å². The van der Waals surface area contributed by atoms with E-state index in [1.165, 1.54) is 77.8 Å². The van der Waals surface area contributed by atoms with E-state index in [4.69, 9.17) is 0 Å². The SMILES string of the molecule is CC1(C)c2ccc[n+]3c2-n2c4c1cccc4c1ccc4c(c12)C31c2c(cccc2C4(c2ccccc2)c2ccccc2)-n2ccc[n+]21. The summed E-state index contributed by atoms with van der Waals surface area (Å²) in [5, 5.41) is 2.65. The maximum atomic E-state index is 2.63. The van der Waals surface area contributed by atoms with Crippen LogP contribution in [0.3, 0.4) is 0 Å². The molecule has 0 saturated heterocycles. The maximum Gasteiger partial charge on any atom is 0.390 e. The number of para-hydroxylation sites is 1. The molecule has 0 amide bonds. The van der Waals surface area contributed by atoms with E-state index >= 15 is 0 Å². The molecular weight excluding hydrogens is 573 g/mol. The average molecular weight is 603 g/mol. The summed E-state index contributed by atoms with van der Waals surface area (Å²) in [6.07, 6.45) is 6.86. The molecule has 0 fully saturated rings. The highest BCUT2D eigenvalue weighted by Gasteiger charge is 2.71. The number of pyridine rings is 1. The zero-order chi connectivity index (χ0) is 30.9. The molecule has 5 aromatic carbocycles. The fraction of sp³-hybridized carbons (Fsp3) is 0.116. The third-order valence-corrected chi connectivity index (χ3v) is 12.1. The summed E-state index contributed by atoms with van der Waals surface area (Å²) >= 11 is 0. The van der Waals surface area contributed by atoms with Crippen LogP contribution in [0.15, 0.2) is 146 Å². The lowest BCUT2D eigenvalue weighted by molar-refractivity contribution is -0.993. The van der Waals surface area contributed by atoms with Gasteiger partial charge in [-0.25, -0.2) is 0 Å². The van der Waals surface area contributed by atoms with Gasteiger partial charge < -0.3 is 0 Å². The molecule has 0 saturated carbocycles. The Kier molecular flexibility index (Phi) is 3.97. The minimum absolute atomic E-state index is 0.167. The molecular formula is C43H30N4+2. The van der Waals surface area contributed by atoms with Crippen LogP contribution in [0.5, 0.6) is 0 Å². The average Bonchev–Trinajstić information content (AvgIpc) is 3.81. The highest BCUT2D eigenvalue weighted by molar-refractivity contribution is 6.13. The van der Waals surface area contributed by atoms with Gasteiger partial charge in [0.25, 0.3) is 5.82 Å². The Balaban J connectivity index is 1.44. The van der Waals surface area contributed by atoms with Gasteiger partial charge in [-0.05, 0) is 52.6 Å².